The highest BCUT2D eigenvalue weighted by atomic mass is 32.2. The highest BCUT2D eigenvalue weighted by molar-refractivity contribution is 7.99. The Morgan fingerprint density at radius 1 is 1.46 bits per heavy atom. The zero-order valence-corrected chi connectivity index (χ0v) is 15.7. The van der Waals surface area contributed by atoms with E-state index >= 15 is 0 Å². The van der Waals surface area contributed by atoms with E-state index in [1.807, 2.05) is 36.7 Å². The maximum absolute atomic E-state index is 12.4. The van der Waals surface area contributed by atoms with Gasteiger partial charge in [-0.1, -0.05) is 24.8 Å². The predicted octanol–water partition coefficient (Wildman–Crippen LogP) is 3.72. The molecule has 0 aliphatic heterocycles. The average molecular weight is 380 g/mol. The lowest BCUT2D eigenvalue weighted by atomic mass is 10.2. The number of thioether (sulfide) groups is 1. The molecular weight excluding hydrogens is 362 g/mol. The van der Waals surface area contributed by atoms with Crippen molar-refractivity contribution in [3.63, 3.8) is 0 Å². The first kappa shape index (κ1) is 17.2. The van der Waals surface area contributed by atoms with Crippen molar-refractivity contribution < 1.29 is 4.79 Å². The van der Waals surface area contributed by atoms with Crippen LogP contribution in [-0.4, -0.2) is 27.7 Å². The summed E-state index contributed by atoms with van der Waals surface area (Å²) in [5.41, 5.74) is 0.763. The number of H-pyrrole nitrogens is 1. The molecule has 3 heterocycles. The van der Waals surface area contributed by atoms with E-state index < -0.39 is 0 Å². The summed E-state index contributed by atoms with van der Waals surface area (Å²) in [5, 5.41) is 7.95. The van der Waals surface area contributed by atoms with Crippen molar-refractivity contribution in [1.82, 2.24) is 15.3 Å². The molecule has 3 aromatic heterocycles. The van der Waals surface area contributed by atoms with Crippen LogP contribution in [-0.2, 0) is 4.79 Å². The average Bonchev–Trinajstić information content (AvgIpc) is 3.21. The van der Waals surface area contributed by atoms with Crippen molar-refractivity contribution in [2.45, 2.75) is 31.5 Å². The number of amides is 1. The van der Waals surface area contributed by atoms with E-state index in [1.165, 1.54) is 23.1 Å². The Morgan fingerprint density at radius 3 is 3.00 bits per heavy atom. The number of nitrogens with zero attached hydrogens (tertiary/aromatic N) is 1. The van der Waals surface area contributed by atoms with E-state index in [4.69, 9.17) is 0 Å². The number of fused-ring (bicyclic) bond motifs is 1. The molecule has 2 N–H and O–H groups in total. The maximum Gasteiger partial charge on any atom is 0.260 e. The van der Waals surface area contributed by atoms with Gasteiger partial charge < -0.3 is 10.3 Å². The molecule has 0 saturated carbocycles. The fraction of sp³-hybridized carbons (Fsp3) is 0.312. The molecule has 0 saturated heterocycles. The first-order valence-corrected chi connectivity index (χ1v) is 10.3. The molecule has 0 fully saturated rings. The number of hydrogen-bond donors (Lipinski definition) is 2. The summed E-state index contributed by atoms with van der Waals surface area (Å²) in [4.78, 5) is 33.3. The minimum Gasteiger partial charge on any atom is -0.353 e. The van der Waals surface area contributed by atoms with E-state index in [2.05, 4.69) is 15.3 Å². The van der Waals surface area contributed by atoms with Gasteiger partial charge in [0, 0.05) is 21.9 Å². The Bertz CT molecular complexity index is 899. The Hall–Kier alpha value is -1.64. The largest absolute Gasteiger partial charge is 0.353 e. The van der Waals surface area contributed by atoms with Crippen molar-refractivity contribution in [3.05, 3.63) is 33.2 Å². The number of aromatic amines is 1. The molecule has 0 aliphatic rings. The summed E-state index contributed by atoms with van der Waals surface area (Å²) >= 11 is 4.30. The zero-order valence-electron chi connectivity index (χ0n) is 13.3. The second-order valence-corrected chi connectivity index (χ2v) is 8.11. The number of carbonyl (C=O) groups excluding carboxylic acids is 1. The highest BCUT2D eigenvalue weighted by Crippen LogP contribution is 2.33. The number of nitrogens with one attached hydrogen (secondary N) is 2. The number of carbonyl (C=O) groups is 1. The maximum atomic E-state index is 12.4. The van der Waals surface area contributed by atoms with Gasteiger partial charge in [0.15, 0.2) is 5.16 Å². The summed E-state index contributed by atoms with van der Waals surface area (Å²) in [7, 11) is 0. The highest BCUT2D eigenvalue weighted by Gasteiger charge is 2.14. The smallest absolute Gasteiger partial charge is 0.260 e. The summed E-state index contributed by atoms with van der Waals surface area (Å²) in [5.74, 6) is 0.185. The lowest BCUT2D eigenvalue weighted by Crippen LogP contribution is -2.33. The Morgan fingerprint density at radius 2 is 2.29 bits per heavy atom. The van der Waals surface area contributed by atoms with Gasteiger partial charge in [-0.15, -0.1) is 22.7 Å². The molecule has 3 rings (SSSR count). The summed E-state index contributed by atoms with van der Waals surface area (Å²) < 4.78 is 0. The Labute approximate surface area is 151 Å². The normalized spacial score (nSPS) is 12.4. The minimum atomic E-state index is -0.158. The van der Waals surface area contributed by atoms with E-state index in [0.29, 0.717) is 15.4 Å². The van der Waals surface area contributed by atoms with E-state index in [1.54, 1.807) is 11.3 Å². The van der Waals surface area contributed by atoms with Gasteiger partial charge in [0.25, 0.3) is 5.56 Å². The molecule has 0 radical (unpaired) electrons. The van der Waals surface area contributed by atoms with Crippen molar-refractivity contribution in [3.8, 4) is 10.4 Å². The van der Waals surface area contributed by atoms with Gasteiger partial charge in [-0.25, -0.2) is 4.98 Å². The van der Waals surface area contributed by atoms with Crippen molar-refractivity contribution in [2.24, 2.45) is 0 Å². The van der Waals surface area contributed by atoms with Gasteiger partial charge in [-0.05, 0) is 24.8 Å². The first-order chi connectivity index (χ1) is 11.6. The molecule has 0 spiro atoms. The van der Waals surface area contributed by atoms with Gasteiger partial charge in [-0.2, -0.15) is 0 Å². The Kier molecular flexibility index (Phi) is 5.37. The fourth-order valence-corrected chi connectivity index (χ4v) is 4.66. The van der Waals surface area contributed by atoms with Gasteiger partial charge in [0.1, 0.15) is 4.83 Å². The standard InChI is InChI=1S/C16H17N3O2S3/c1-3-9(2)17-12(20)8-24-16-18-14(21)13-10(7-23-15(13)19-16)11-5-4-6-22-11/h4-7,9H,3,8H2,1-2H3,(H,17,20)(H,18,19,21)/t9-/m1/s1. The topological polar surface area (TPSA) is 74.8 Å². The molecule has 0 aromatic carbocycles. The molecule has 8 heteroatoms. The van der Waals surface area contributed by atoms with E-state index in [9.17, 15) is 9.59 Å². The van der Waals surface area contributed by atoms with E-state index in [-0.39, 0.29) is 23.3 Å². The summed E-state index contributed by atoms with van der Waals surface area (Å²) in [6.07, 6.45) is 0.887. The van der Waals surface area contributed by atoms with Gasteiger partial charge in [0.2, 0.25) is 5.91 Å². The van der Waals surface area contributed by atoms with Crippen LogP contribution >= 0.6 is 34.4 Å². The van der Waals surface area contributed by atoms with Crippen LogP contribution in [0.1, 0.15) is 20.3 Å². The van der Waals surface area contributed by atoms with E-state index in [0.717, 1.165) is 16.9 Å². The molecule has 0 unspecified atom stereocenters. The lowest BCUT2D eigenvalue weighted by molar-refractivity contribution is -0.119. The predicted molar refractivity (Wildman–Crippen MR) is 102 cm³/mol. The summed E-state index contributed by atoms with van der Waals surface area (Å²) in [6, 6.07) is 4.11. The molecule has 0 bridgehead atoms. The van der Waals surface area contributed by atoms with Crippen LogP contribution in [0.25, 0.3) is 20.7 Å². The summed E-state index contributed by atoms with van der Waals surface area (Å²) in [6.45, 7) is 3.99. The fourth-order valence-electron chi connectivity index (χ4n) is 2.16. The van der Waals surface area contributed by atoms with Gasteiger partial charge >= 0.3 is 0 Å². The monoisotopic (exact) mass is 379 g/mol. The number of rotatable bonds is 6. The van der Waals surface area contributed by atoms with Crippen LogP contribution < -0.4 is 10.9 Å². The van der Waals surface area contributed by atoms with Gasteiger partial charge in [-0.3, -0.25) is 9.59 Å². The number of aromatic nitrogens is 2. The third-order valence-corrected chi connectivity index (χ3v) is 6.22. The SMILES string of the molecule is CC[C@@H](C)NC(=O)CSc1nc2scc(-c3cccs3)c2c(=O)[nH]1. The van der Waals surface area contributed by atoms with Crippen molar-refractivity contribution >= 4 is 50.6 Å². The third-order valence-electron chi connectivity index (χ3n) is 3.57. The number of thiophene rings is 2. The van der Waals surface area contributed by atoms with Crippen molar-refractivity contribution in [2.75, 3.05) is 5.75 Å². The molecule has 5 nitrogen and oxygen atoms in total. The number of hydrogen-bond acceptors (Lipinski definition) is 6. The second kappa shape index (κ2) is 7.50. The van der Waals surface area contributed by atoms with Crippen LogP contribution in [0.3, 0.4) is 0 Å². The van der Waals surface area contributed by atoms with Gasteiger partial charge in [0.05, 0.1) is 11.1 Å². The molecule has 24 heavy (non-hydrogen) atoms. The quantitative estimate of drug-likeness (QED) is 0.506. The minimum absolute atomic E-state index is 0.0532. The second-order valence-electron chi connectivity index (χ2n) is 5.34. The van der Waals surface area contributed by atoms with Crippen molar-refractivity contribution in [1.29, 1.82) is 0 Å². The van der Waals surface area contributed by atoms with Crippen LogP contribution in [0.4, 0.5) is 0 Å². The van der Waals surface area contributed by atoms with Crippen LogP contribution in [0.15, 0.2) is 32.8 Å². The molecule has 0 aliphatic carbocycles. The lowest BCUT2D eigenvalue weighted by Gasteiger charge is -2.10. The zero-order chi connectivity index (χ0) is 17.1. The third kappa shape index (κ3) is 3.71. The molecular formula is C16H17N3O2S3. The molecule has 126 valence electrons. The Balaban J connectivity index is 1.80. The first-order valence-electron chi connectivity index (χ1n) is 7.56. The van der Waals surface area contributed by atoms with Crippen LogP contribution in [0, 0.1) is 0 Å². The molecule has 1 atom stereocenters. The molecule has 3 aromatic rings. The molecule has 1 amide bonds. The van der Waals surface area contributed by atoms with Crippen LogP contribution in [0.2, 0.25) is 0 Å². The van der Waals surface area contributed by atoms with Crippen LogP contribution in [0.5, 0.6) is 0 Å².